The quantitative estimate of drug-likeness (QED) is 0.817. The number of halogens is 3. The van der Waals surface area contributed by atoms with Gasteiger partial charge in [-0.25, -0.2) is 4.79 Å². The van der Waals surface area contributed by atoms with Crippen LogP contribution in [0, 0.1) is 0 Å². The molecule has 0 aliphatic heterocycles. The Labute approximate surface area is 102 Å². The summed E-state index contributed by atoms with van der Waals surface area (Å²) in [5, 5.41) is 8.76. The Kier molecular flexibility index (Phi) is 4.05. The van der Waals surface area contributed by atoms with Gasteiger partial charge in [-0.3, -0.25) is 0 Å². The van der Waals surface area contributed by atoms with Crippen LogP contribution in [-0.4, -0.2) is 30.8 Å². The molecule has 1 aromatic carbocycles. The molecule has 0 atom stereocenters. The zero-order valence-electron chi connectivity index (χ0n) is 9.66. The number of carboxylic acid groups (broad SMARTS) is 1. The molecule has 0 amide bonds. The van der Waals surface area contributed by atoms with Crippen molar-refractivity contribution in [2.45, 2.75) is 12.6 Å². The van der Waals surface area contributed by atoms with Crippen molar-refractivity contribution in [2.75, 3.05) is 24.2 Å². The monoisotopic (exact) mass is 262 g/mol. The summed E-state index contributed by atoms with van der Waals surface area (Å²) in [7, 11) is 1.49. The highest BCUT2D eigenvalue weighted by atomic mass is 19.4. The number of carbonyl (C=O) groups is 1. The Hall–Kier alpha value is -1.92. The van der Waals surface area contributed by atoms with Gasteiger partial charge < -0.3 is 15.7 Å². The third-order valence-electron chi connectivity index (χ3n) is 2.44. The number of aromatic carboxylic acids is 1. The molecule has 0 radical (unpaired) electrons. The molecule has 0 unspecified atom stereocenters. The minimum absolute atomic E-state index is 0.0267. The van der Waals surface area contributed by atoms with Crippen LogP contribution in [0.1, 0.15) is 16.8 Å². The highest BCUT2D eigenvalue weighted by Crippen LogP contribution is 2.24. The summed E-state index contributed by atoms with van der Waals surface area (Å²) < 4.78 is 36.2. The lowest BCUT2D eigenvalue weighted by atomic mass is 10.1. The second-order valence-corrected chi connectivity index (χ2v) is 3.86. The van der Waals surface area contributed by atoms with Gasteiger partial charge >= 0.3 is 12.1 Å². The number of rotatable bonds is 4. The van der Waals surface area contributed by atoms with Crippen LogP contribution in [0.2, 0.25) is 0 Å². The molecule has 0 aliphatic rings. The maximum absolute atomic E-state index is 12.1. The van der Waals surface area contributed by atoms with Gasteiger partial charge in [0.05, 0.1) is 12.0 Å². The first kappa shape index (κ1) is 14.1. The zero-order valence-corrected chi connectivity index (χ0v) is 9.66. The number of hydrogen-bond donors (Lipinski definition) is 2. The number of nitrogens with zero attached hydrogens (tertiary/aromatic N) is 1. The van der Waals surface area contributed by atoms with E-state index in [9.17, 15) is 18.0 Å². The molecule has 0 fully saturated rings. The topological polar surface area (TPSA) is 66.6 Å². The van der Waals surface area contributed by atoms with Crippen LogP contribution in [0.15, 0.2) is 18.2 Å². The molecular formula is C11H13F3N2O2. The van der Waals surface area contributed by atoms with Gasteiger partial charge in [0.2, 0.25) is 0 Å². The van der Waals surface area contributed by atoms with Crippen molar-refractivity contribution in [1.82, 2.24) is 0 Å². The molecule has 4 nitrogen and oxygen atoms in total. The van der Waals surface area contributed by atoms with Crippen molar-refractivity contribution in [2.24, 2.45) is 0 Å². The first-order chi connectivity index (χ1) is 8.20. The van der Waals surface area contributed by atoms with Crippen LogP contribution >= 0.6 is 0 Å². The van der Waals surface area contributed by atoms with E-state index in [0.29, 0.717) is 5.69 Å². The molecule has 0 saturated heterocycles. The van der Waals surface area contributed by atoms with Crippen LogP contribution in [0.25, 0.3) is 0 Å². The van der Waals surface area contributed by atoms with Gasteiger partial charge in [-0.1, -0.05) is 0 Å². The van der Waals surface area contributed by atoms with Crippen molar-refractivity contribution >= 4 is 17.3 Å². The summed E-state index contributed by atoms with van der Waals surface area (Å²) in [5.41, 5.74) is 5.92. The lowest BCUT2D eigenvalue weighted by Gasteiger charge is -2.20. The first-order valence-corrected chi connectivity index (χ1v) is 5.11. The van der Waals surface area contributed by atoms with E-state index in [0.717, 1.165) is 0 Å². The lowest BCUT2D eigenvalue weighted by molar-refractivity contribution is -0.132. The molecule has 18 heavy (non-hydrogen) atoms. The van der Waals surface area contributed by atoms with Gasteiger partial charge in [-0.2, -0.15) is 13.2 Å². The molecule has 1 aromatic rings. The Morgan fingerprint density at radius 1 is 1.44 bits per heavy atom. The van der Waals surface area contributed by atoms with Gasteiger partial charge in [0.1, 0.15) is 0 Å². The van der Waals surface area contributed by atoms with Crippen LogP contribution < -0.4 is 10.6 Å². The maximum Gasteiger partial charge on any atom is 0.390 e. The van der Waals surface area contributed by atoms with Crippen molar-refractivity contribution in [3.8, 4) is 0 Å². The number of nitrogens with two attached hydrogens (primary N) is 1. The number of carboxylic acids is 1. The van der Waals surface area contributed by atoms with E-state index in [2.05, 4.69) is 0 Å². The van der Waals surface area contributed by atoms with E-state index in [1.807, 2.05) is 0 Å². The van der Waals surface area contributed by atoms with E-state index in [-0.39, 0.29) is 17.8 Å². The summed E-state index contributed by atoms with van der Waals surface area (Å²) in [6.07, 6.45) is -5.16. The number of nitrogen functional groups attached to an aromatic ring is 1. The number of anilines is 2. The van der Waals surface area contributed by atoms with Crippen molar-refractivity contribution < 1.29 is 23.1 Å². The molecule has 0 spiro atoms. The van der Waals surface area contributed by atoms with Crippen LogP contribution in [-0.2, 0) is 0 Å². The molecule has 100 valence electrons. The smallest absolute Gasteiger partial charge is 0.390 e. The summed E-state index contributed by atoms with van der Waals surface area (Å²) in [6.45, 7) is -0.213. The predicted molar refractivity (Wildman–Crippen MR) is 61.8 cm³/mol. The van der Waals surface area contributed by atoms with E-state index < -0.39 is 18.6 Å². The maximum atomic E-state index is 12.1. The van der Waals surface area contributed by atoms with E-state index >= 15 is 0 Å². The fourth-order valence-electron chi connectivity index (χ4n) is 1.41. The number of benzene rings is 1. The zero-order chi connectivity index (χ0) is 13.9. The highest BCUT2D eigenvalue weighted by molar-refractivity contribution is 5.94. The average Bonchev–Trinajstić information content (AvgIpc) is 2.24. The third-order valence-corrected chi connectivity index (χ3v) is 2.44. The van der Waals surface area contributed by atoms with Gasteiger partial charge in [-0.05, 0) is 18.2 Å². The first-order valence-electron chi connectivity index (χ1n) is 5.11. The highest BCUT2D eigenvalue weighted by Gasteiger charge is 2.27. The second kappa shape index (κ2) is 5.16. The second-order valence-electron chi connectivity index (χ2n) is 3.86. The van der Waals surface area contributed by atoms with Crippen molar-refractivity contribution in [3.05, 3.63) is 23.8 Å². The SMILES string of the molecule is CN(CCC(F)(F)F)c1ccc(C(=O)O)c(N)c1. The van der Waals surface area contributed by atoms with Crippen molar-refractivity contribution in [1.29, 1.82) is 0 Å². The van der Waals surface area contributed by atoms with E-state index in [1.54, 1.807) is 0 Å². The van der Waals surface area contributed by atoms with Gasteiger partial charge in [0.25, 0.3) is 0 Å². The molecule has 0 bridgehead atoms. The van der Waals surface area contributed by atoms with E-state index in [4.69, 9.17) is 10.8 Å². The van der Waals surface area contributed by atoms with Crippen LogP contribution in [0.5, 0.6) is 0 Å². The van der Waals surface area contributed by atoms with Gasteiger partial charge in [0, 0.05) is 25.0 Å². The molecule has 7 heteroatoms. The number of hydrogen-bond acceptors (Lipinski definition) is 3. The summed E-state index contributed by atoms with van der Waals surface area (Å²) in [6, 6.07) is 4.05. The fraction of sp³-hybridized carbons (Fsp3) is 0.364. The molecule has 0 saturated carbocycles. The predicted octanol–water partition coefficient (Wildman–Crippen LogP) is 2.36. The van der Waals surface area contributed by atoms with Crippen molar-refractivity contribution in [3.63, 3.8) is 0 Å². The fourth-order valence-corrected chi connectivity index (χ4v) is 1.41. The standard InChI is InChI=1S/C11H13F3N2O2/c1-16(5-4-11(12,13)14)7-2-3-8(10(17)18)9(15)6-7/h2-3,6H,4-5,15H2,1H3,(H,17,18). The minimum Gasteiger partial charge on any atom is -0.478 e. The van der Waals surface area contributed by atoms with Gasteiger partial charge in [-0.15, -0.1) is 0 Å². The Balaban J connectivity index is 2.78. The minimum atomic E-state index is -4.22. The average molecular weight is 262 g/mol. The van der Waals surface area contributed by atoms with Crippen LogP contribution in [0.4, 0.5) is 24.5 Å². The van der Waals surface area contributed by atoms with E-state index in [1.165, 1.54) is 30.1 Å². The third kappa shape index (κ3) is 3.83. The molecule has 0 aromatic heterocycles. The largest absolute Gasteiger partial charge is 0.478 e. The molecule has 0 aliphatic carbocycles. The van der Waals surface area contributed by atoms with Gasteiger partial charge in [0.15, 0.2) is 0 Å². The molecule has 1 rings (SSSR count). The molecular weight excluding hydrogens is 249 g/mol. The lowest BCUT2D eigenvalue weighted by Crippen LogP contribution is -2.24. The summed E-state index contributed by atoms with van der Waals surface area (Å²) in [4.78, 5) is 12.1. The molecule has 3 N–H and O–H groups in total. The van der Waals surface area contributed by atoms with Crippen LogP contribution in [0.3, 0.4) is 0 Å². The normalized spacial score (nSPS) is 11.3. The summed E-state index contributed by atoms with van der Waals surface area (Å²) >= 11 is 0. The number of alkyl halides is 3. The molecule has 0 heterocycles. The Morgan fingerprint density at radius 2 is 2.06 bits per heavy atom. The Morgan fingerprint density at radius 3 is 2.50 bits per heavy atom. The summed E-state index contributed by atoms with van der Waals surface area (Å²) in [5.74, 6) is -1.17. The Bertz CT molecular complexity index is 446.